The molecule has 0 bridgehead atoms. The minimum absolute atomic E-state index is 0.0812. The summed E-state index contributed by atoms with van der Waals surface area (Å²) in [4.78, 5) is 2.00. The number of benzene rings is 2. The lowest BCUT2D eigenvalue weighted by Crippen LogP contribution is -2.32. The van der Waals surface area contributed by atoms with Crippen molar-refractivity contribution in [2.24, 2.45) is 0 Å². The fraction of sp³-hybridized carbons (Fsp3) is 0.333. The standard InChI is InChI=1S/C18H24FN3O2S/c1-4-11-22(25(23,24)17-8-5-15(19)6-9-17)13-14-12-16(20)7-10-18(14)21(2)3/h5-10,12H,4,11,13,20H2,1-3H3. The summed E-state index contributed by atoms with van der Waals surface area (Å²) in [6.07, 6.45) is 0.667. The molecule has 0 aliphatic heterocycles. The van der Waals surface area contributed by atoms with E-state index in [0.29, 0.717) is 18.7 Å². The molecule has 136 valence electrons. The zero-order chi connectivity index (χ0) is 18.6. The summed E-state index contributed by atoms with van der Waals surface area (Å²) >= 11 is 0. The van der Waals surface area contributed by atoms with Crippen LogP contribution in [0.25, 0.3) is 0 Å². The molecule has 0 heterocycles. The Labute approximate surface area is 148 Å². The molecule has 0 aliphatic rings. The van der Waals surface area contributed by atoms with Gasteiger partial charge in [0.1, 0.15) is 5.82 Å². The number of nitrogen functional groups attached to an aromatic ring is 1. The summed E-state index contributed by atoms with van der Waals surface area (Å²) in [6.45, 7) is 2.48. The molecule has 2 aromatic carbocycles. The summed E-state index contributed by atoms with van der Waals surface area (Å²) in [7, 11) is 0.0668. The Hall–Kier alpha value is -2.12. The Morgan fingerprint density at radius 3 is 2.28 bits per heavy atom. The fourth-order valence-corrected chi connectivity index (χ4v) is 4.16. The molecular weight excluding hydrogens is 341 g/mol. The van der Waals surface area contributed by atoms with Crippen LogP contribution in [0.3, 0.4) is 0 Å². The second-order valence-electron chi connectivity index (χ2n) is 6.08. The number of hydrogen-bond acceptors (Lipinski definition) is 4. The molecule has 0 amide bonds. The Morgan fingerprint density at radius 2 is 1.72 bits per heavy atom. The van der Waals surface area contributed by atoms with Crippen molar-refractivity contribution in [1.82, 2.24) is 4.31 Å². The summed E-state index contributed by atoms with van der Waals surface area (Å²) in [6, 6.07) is 10.3. The smallest absolute Gasteiger partial charge is 0.243 e. The van der Waals surface area contributed by atoms with E-state index in [1.807, 2.05) is 32.0 Å². The lowest BCUT2D eigenvalue weighted by molar-refractivity contribution is 0.406. The normalized spacial score (nSPS) is 11.7. The number of sulfonamides is 1. The number of nitrogens with zero attached hydrogens (tertiary/aromatic N) is 2. The van der Waals surface area contributed by atoms with Crippen LogP contribution in [0.15, 0.2) is 47.4 Å². The van der Waals surface area contributed by atoms with Crippen LogP contribution in [-0.4, -0.2) is 33.4 Å². The molecule has 2 aromatic rings. The molecule has 25 heavy (non-hydrogen) atoms. The lowest BCUT2D eigenvalue weighted by Gasteiger charge is -2.25. The molecule has 0 aliphatic carbocycles. The summed E-state index contributed by atoms with van der Waals surface area (Å²) < 4.78 is 40.5. The van der Waals surface area contributed by atoms with Gasteiger partial charge >= 0.3 is 0 Å². The Morgan fingerprint density at radius 1 is 1.08 bits per heavy atom. The van der Waals surface area contributed by atoms with Gasteiger partial charge < -0.3 is 10.6 Å². The van der Waals surface area contributed by atoms with Crippen molar-refractivity contribution in [3.63, 3.8) is 0 Å². The first-order chi connectivity index (χ1) is 11.8. The van der Waals surface area contributed by atoms with E-state index in [1.54, 1.807) is 12.1 Å². The molecular formula is C18H24FN3O2S. The summed E-state index contributed by atoms with van der Waals surface area (Å²) in [5, 5.41) is 0. The van der Waals surface area contributed by atoms with Crippen LogP contribution in [0.1, 0.15) is 18.9 Å². The van der Waals surface area contributed by atoms with Crippen molar-refractivity contribution in [3.8, 4) is 0 Å². The van der Waals surface area contributed by atoms with Crippen LogP contribution in [0, 0.1) is 5.82 Å². The third-order valence-corrected chi connectivity index (χ3v) is 5.72. The van der Waals surface area contributed by atoms with Gasteiger partial charge in [0.25, 0.3) is 0 Å². The molecule has 0 saturated heterocycles. The van der Waals surface area contributed by atoms with Crippen LogP contribution in [-0.2, 0) is 16.6 Å². The van der Waals surface area contributed by atoms with Gasteiger partial charge in [-0.1, -0.05) is 6.92 Å². The molecule has 2 N–H and O–H groups in total. The highest BCUT2D eigenvalue weighted by atomic mass is 32.2. The van der Waals surface area contributed by atoms with E-state index in [9.17, 15) is 12.8 Å². The van der Waals surface area contributed by atoms with Crippen molar-refractivity contribution in [2.45, 2.75) is 24.8 Å². The average Bonchev–Trinajstić information content (AvgIpc) is 2.54. The van der Waals surface area contributed by atoms with Crippen molar-refractivity contribution >= 4 is 21.4 Å². The van der Waals surface area contributed by atoms with Crippen molar-refractivity contribution in [1.29, 1.82) is 0 Å². The highest BCUT2D eigenvalue weighted by Gasteiger charge is 2.25. The minimum Gasteiger partial charge on any atom is -0.399 e. The largest absolute Gasteiger partial charge is 0.399 e. The average molecular weight is 365 g/mol. The maximum atomic E-state index is 13.1. The van der Waals surface area contributed by atoms with Crippen LogP contribution >= 0.6 is 0 Å². The first-order valence-electron chi connectivity index (χ1n) is 8.07. The number of hydrogen-bond donors (Lipinski definition) is 1. The topological polar surface area (TPSA) is 66.6 Å². The van der Waals surface area contributed by atoms with Crippen molar-refractivity contribution < 1.29 is 12.8 Å². The Bertz CT molecular complexity index is 821. The van der Waals surface area contributed by atoms with Crippen LogP contribution in [0.2, 0.25) is 0 Å². The predicted molar refractivity (Wildman–Crippen MR) is 99.5 cm³/mol. The molecule has 0 atom stereocenters. The van der Waals surface area contributed by atoms with Gasteiger partial charge in [0.05, 0.1) is 4.90 Å². The third-order valence-electron chi connectivity index (χ3n) is 3.86. The van der Waals surface area contributed by atoms with E-state index >= 15 is 0 Å². The van der Waals surface area contributed by atoms with Gasteiger partial charge in [0.2, 0.25) is 10.0 Å². The van der Waals surface area contributed by atoms with Crippen LogP contribution in [0.4, 0.5) is 15.8 Å². The van der Waals surface area contributed by atoms with E-state index in [1.165, 1.54) is 16.4 Å². The van der Waals surface area contributed by atoms with E-state index in [2.05, 4.69) is 0 Å². The number of rotatable bonds is 7. The zero-order valence-electron chi connectivity index (χ0n) is 14.7. The molecule has 0 aromatic heterocycles. The second kappa shape index (κ2) is 7.84. The minimum atomic E-state index is -3.73. The molecule has 2 rings (SSSR count). The SMILES string of the molecule is CCCN(Cc1cc(N)ccc1N(C)C)S(=O)(=O)c1ccc(F)cc1. The monoisotopic (exact) mass is 365 g/mol. The first kappa shape index (κ1) is 19.2. The van der Waals surface area contributed by atoms with E-state index in [-0.39, 0.29) is 11.4 Å². The van der Waals surface area contributed by atoms with E-state index in [0.717, 1.165) is 23.4 Å². The van der Waals surface area contributed by atoms with Gasteiger partial charge in [-0.2, -0.15) is 4.31 Å². The maximum absolute atomic E-state index is 13.1. The van der Waals surface area contributed by atoms with E-state index in [4.69, 9.17) is 5.73 Å². The van der Waals surface area contributed by atoms with Gasteiger partial charge in [0.15, 0.2) is 0 Å². The Balaban J connectivity index is 2.42. The maximum Gasteiger partial charge on any atom is 0.243 e. The number of nitrogens with two attached hydrogens (primary N) is 1. The molecule has 7 heteroatoms. The van der Waals surface area contributed by atoms with Crippen molar-refractivity contribution in [3.05, 3.63) is 53.8 Å². The van der Waals surface area contributed by atoms with Gasteiger partial charge in [0, 0.05) is 38.6 Å². The molecule has 0 spiro atoms. The first-order valence-corrected chi connectivity index (χ1v) is 9.51. The molecule has 0 fully saturated rings. The summed E-state index contributed by atoms with van der Waals surface area (Å²) in [5.74, 6) is -0.466. The Kier molecular flexibility index (Phi) is 6.02. The quantitative estimate of drug-likeness (QED) is 0.766. The van der Waals surface area contributed by atoms with Gasteiger partial charge in [-0.3, -0.25) is 0 Å². The lowest BCUT2D eigenvalue weighted by atomic mass is 10.1. The van der Waals surface area contributed by atoms with Crippen LogP contribution < -0.4 is 10.6 Å². The van der Waals surface area contributed by atoms with Gasteiger partial charge in [-0.05, 0) is 54.4 Å². The highest BCUT2D eigenvalue weighted by Crippen LogP contribution is 2.26. The highest BCUT2D eigenvalue weighted by molar-refractivity contribution is 7.89. The van der Waals surface area contributed by atoms with Gasteiger partial charge in [-0.15, -0.1) is 0 Å². The predicted octanol–water partition coefficient (Wildman–Crippen LogP) is 3.07. The molecule has 5 nitrogen and oxygen atoms in total. The summed E-state index contributed by atoms with van der Waals surface area (Å²) in [5.41, 5.74) is 8.20. The molecule has 0 unspecified atom stereocenters. The number of halogens is 1. The second-order valence-corrected chi connectivity index (χ2v) is 8.01. The third kappa shape index (κ3) is 4.49. The molecule has 0 radical (unpaired) electrons. The molecule has 0 saturated carbocycles. The van der Waals surface area contributed by atoms with Crippen LogP contribution in [0.5, 0.6) is 0 Å². The zero-order valence-corrected chi connectivity index (χ0v) is 15.6. The fourth-order valence-electron chi connectivity index (χ4n) is 2.65. The van der Waals surface area contributed by atoms with Crippen molar-refractivity contribution in [2.75, 3.05) is 31.3 Å². The van der Waals surface area contributed by atoms with Gasteiger partial charge in [-0.25, -0.2) is 12.8 Å². The number of anilines is 2. The van der Waals surface area contributed by atoms with E-state index < -0.39 is 15.8 Å².